The average molecular weight is 272 g/mol. The van der Waals surface area contributed by atoms with E-state index in [1.165, 1.54) is 0 Å². The maximum absolute atomic E-state index is 12.9. The van der Waals surface area contributed by atoms with Crippen molar-refractivity contribution in [3.8, 4) is 0 Å². The lowest BCUT2D eigenvalue weighted by Crippen LogP contribution is -2.64. The van der Waals surface area contributed by atoms with Gasteiger partial charge in [-0.2, -0.15) is 0 Å². The van der Waals surface area contributed by atoms with Gasteiger partial charge in [0.15, 0.2) is 5.78 Å². The van der Waals surface area contributed by atoms with E-state index < -0.39 is 0 Å². The fourth-order valence-electron chi connectivity index (χ4n) is 4.23. The fraction of sp³-hybridized carbons (Fsp3) is 0.647. The Kier molecular flexibility index (Phi) is 3.63. The second-order valence-electron chi connectivity index (χ2n) is 6.32. The number of carbonyl (C=O) groups excluding carboxylic acids is 1. The standard InChI is InChI=1S/C17H24N2O/c1-3-17(4-2)12-19-10-8-14(17)16(20)15(19)11-13-7-5-6-9-18-13/h5-7,9,14-15H,3-4,8,10-12H2,1-2H3. The fourth-order valence-corrected chi connectivity index (χ4v) is 4.23. The monoisotopic (exact) mass is 272 g/mol. The Hall–Kier alpha value is -1.22. The third-order valence-corrected chi connectivity index (χ3v) is 5.61. The lowest BCUT2D eigenvalue weighted by atomic mass is 9.61. The second kappa shape index (κ2) is 5.28. The van der Waals surface area contributed by atoms with Crippen LogP contribution in [0.15, 0.2) is 24.4 Å². The van der Waals surface area contributed by atoms with Crippen LogP contribution in [0.1, 0.15) is 38.8 Å². The number of pyridine rings is 1. The van der Waals surface area contributed by atoms with Crippen molar-refractivity contribution in [2.24, 2.45) is 11.3 Å². The van der Waals surface area contributed by atoms with E-state index in [2.05, 4.69) is 23.7 Å². The van der Waals surface area contributed by atoms with Gasteiger partial charge in [0.25, 0.3) is 0 Å². The Bertz CT molecular complexity index is 481. The highest BCUT2D eigenvalue weighted by molar-refractivity contribution is 5.89. The van der Waals surface area contributed by atoms with E-state index in [9.17, 15) is 4.79 Å². The maximum Gasteiger partial charge on any atom is 0.154 e. The Labute approximate surface area is 121 Å². The number of aromatic nitrogens is 1. The molecule has 0 aromatic carbocycles. The van der Waals surface area contributed by atoms with E-state index in [1.54, 1.807) is 0 Å². The van der Waals surface area contributed by atoms with Crippen molar-refractivity contribution in [2.45, 2.75) is 45.6 Å². The molecule has 4 heterocycles. The number of carbonyl (C=O) groups is 1. The highest BCUT2D eigenvalue weighted by Crippen LogP contribution is 2.47. The van der Waals surface area contributed by atoms with E-state index in [4.69, 9.17) is 0 Å². The molecule has 0 N–H and O–H groups in total. The van der Waals surface area contributed by atoms with Crippen LogP contribution in [0, 0.1) is 11.3 Å². The highest BCUT2D eigenvalue weighted by atomic mass is 16.1. The van der Waals surface area contributed by atoms with Gasteiger partial charge in [-0.3, -0.25) is 14.7 Å². The summed E-state index contributed by atoms with van der Waals surface area (Å²) < 4.78 is 0. The zero-order valence-electron chi connectivity index (χ0n) is 12.5. The Morgan fingerprint density at radius 3 is 2.75 bits per heavy atom. The van der Waals surface area contributed by atoms with Crippen LogP contribution < -0.4 is 0 Å². The van der Waals surface area contributed by atoms with Crippen molar-refractivity contribution < 1.29 is 4.79 Å². The van der Waals surface area contributed by atoms with Crippen LogP contribution >= 0.6 is 0 Å². The predicted molar refractivity (Wildman–Crippen MR) is 79.4 cm³/mol. The zero-order chi connectivity index (χ0) is 14.2. The second-order valence-corrected chi connectivity index (χ2v) is 6.32. The summed E-state index contributed by atoms with van der Waals surface area (Å²) in [5.74, 6) is 0.744. The molecule has 3 unspecified atom stereocenters. The molecule has 0 spiro atoms. The summed E-state index contributed by atoms with van der Waals surface area (Å²) in [6, 6.07) is 6.03. The van der Waals surface area contributed by atoms with E-state index in [0.717, 1.165) is 44.5 Å². The molecule has 108 valence electrons. The van der Waals surface area contributed by atoms with Gasteiger partial charge in [-0.1, -0.05) is 19.9 Å². The summed E-state index contributed by atoms with van der Waals surface area (Å²) in [5.41, 5.74) is 1.27. The molecule has 0 amide bonds. The molecule has 0 saturated carbocycles. The number of ketones is 1. The van der Waals surface area contributed by atoms with Crippen molar-refractivity contribution in [3.05, 3.63) is 30.1 Å². The molecule has 3 atom stereocenters. The normalized spacial score (nSPS) is 31.5. The Morgan fingerprint density at radius 2 is 2.15 bits per heavy atom. The minimum absolute atomic E-state index is 0.0647. The van der Waals surface area contributed by atoms with Crippen LogP contribution in [-0.4, -0.2) is 34.8 Å². The smallest absolute Gasteiger partial charge is 0.154 e. The molecule has 1 aromatic rings. The summed E-state index contributed by atoms with van der Waals surface area (Å²) in [6.07, 6.45) is 5.89. The van der Waals surface area contributed by atoms with Gasteiger partial charge in [-0.05, 0) is 43.4 Å². The van der Waals surface area contributed by atoms with Crippen LogP contribution in [0.2, 0.25) is 0 Å². The first-order valence-corrected chi connectivity index (χ1v) is 7.88. The molecule has 3 aliphatic heterocycles. The molecule has 4 rings (SSSR count). The summed E-state index contributed by atoms with van der Waals surface area (Å²) in [4.78, 5) is 19.7. The van der Waals surface area contributed by atoms with Crippen LogP contribution in [0.25, 0.3) is 0 Å². The third kappa shape index (κ3) is 2.08. The van der Waals surface area contributed by atoms with Gasteiger partial charge in [0, 0.05) is 30.8 Å². The maximum atomic E-state index is 12.9. The van der Waals surface area contributed by atoms with Crippen molar-refractivity contribution in [2.75, 3.05) is 13.1 Å². The summed E-state index contributed by atoms with van der Waals surface area (Å²) in [7, 11) is 0. The third-order valence-electron chi connectivity index (χ3n) is 5.61. The number of hydrogen-bond donors (Lipinski definition) is 0. The molecule has 20 heavy (non-hydrogen) atoms. The minimum atomic E-state index is 0.0647. The number of rotatable bonds is 4. The Morgan fingerprint density at radius 1 is 1.35 bits per heavy atom. The van der Waals surface area contributed by atoms with Crippen molar-refractivity contribution in [3.63, 3.8) is 0 Å². The lowest BCUT2D eigenvalue weighted by Gasteiger charge is -2.55. The van der Waals surface area contributed by atoms with Crippen LogP contribution in [-0.2, 0) is 11.2 Å². The van der Waals surface area contributed by atoms with Gasteiger partial charge in [-0.15, -0.1) is 0 Å². The SMILES string of the molecule is CCC1(CC)CN2CCC1C(=O)C2Cc1ccccn1. The quantitative estimate of drug-likeness (QED) is 0.845. The van der Waals surface area contributed by atoms with Gasteiger partial charge in [-0.25, -0.2) is 0 Å². The van der Waals surface area contributed by atoms with E-state index in [-0.39, 0.29) is 17.4 Å². The number of nitrogens with zero attached hydrogens (tertiary/aromatic N) is 2. The van der Waals surface area contributed by atoms with Crippen LogP contribution in [0.4, 0.5) is 0 Å². The molecule has 2 bridgehead atoms. The van der Waals surface area contributed by atoms with Crippen LogP contribution in [0.5, 0.6) is 0 Å². The molecule has 3 saturated heterocycles. The highest BCUT2D eigenvalue weighted by Gasteiger charge is 2.53. The molecular weight excluding hydrogens is 248 g/mol. The first kappa shape index (κ1) is 13.7. The lowest BCUT2D eigenvalue weighted by molar-refractivity contribution is -0.151. The average Bonchev–Trinajstić information content (AvgIpc) is 2.51. The largest absolute Gasteiger partial charge is 0.298 e. The van der Waals surface area contributed by atoms with E-state index in [0.29, 0.717) is 5.78 Å². The topological polar surface area (TPSA) is 33.2 Å². The van der Waals surface area contributed by atoms with Gasteiger partial charge in [0.05, 0.1) is 6.04 Å². The van der Waals surface area contributed by atoms with Crippen molar-refractivity contribution in [1.29, 1.82) is 0 Å². The molecule has 0 radical (unpaired) electrons. The minimum Gasteiger partial charge on any atom is -0.298 e. The van der Waals surface area contributed by atoms with Crippen LogP contribution in [0.3, 0.4) is 0 Å². The Balaban J connectivity index is 1.82. The number of fused-ring (bicyclic) bond motifs is 3. The van der Waals surface area contributed by atoms with Gasteiger partial charge < -0.3 is 0 Å². The molecular formula is C17H24N2O. The molecule has 3 fully saturated rings. The first-order valence-electron chi connectivity index (χ1n) is 7.88. The zero-order valence-corrected chi connectivity index (χ0v) is 12.5. The molecule has 3 aliphatic rings. The van der Waals surface area contributed by atoms with Gasteiger partial charge in [0.2, 0.25) is 0 Å². The molecule has 0 aliphatic carbocycles. The number of Topliss-reactive ketones (excluding diaryl/α,β-unsaturated/α-hetero) is 1. The molecule has 3 heteroatoms. The summed E-state index contributed by atoms with van der Waals surface area (Å²) >= 11 is 0. The first-order chi connectivity index (χ1) is 9.70. The molecule has 1 aromatic heterocycles. The number of piperidine rings is 3. The van der Waals surface area contributed by atoms with Gasteiger partial charge in [0.1, 0.15) is 0 Å². The van der Waals surface area contributed by atoms with E-state index in [1.807, 2.05) is 24.4 Å². The van der Waals surface area contributed by atoms with E-state index >= 15 is 0 Å². The summed E-state index contributed by atoms with van der Waals surface area (Å²) in [5, 5.41) is 0. The number of hydrogen-bond acceptors (Lipinski definition) is 3. The summed E-state index contributed by atoms with van der Waals surface area (Å²) in [6.45, 7) is 6.66. The van der Waals surface area contributed by atoms with Crippen molar-refractivity contribution >= 4 is 5.78 Å². The molecule has 3 nitrogen and oxygen atoms in total. The predicted octanol–water partition coefficient (Wildman–Crippen LogP) is 2.70. The van der Waals surface area contributed by atoms with Gasteiger partial charge >= 0.3 is 0 Å². The van der Waals surface area contributed by atoms with Crippen molar-refractivity contribution in [1.82, 2.24) is 9.88 Å².